The zero-order valence-corrected chi connectivity index (χ0v) is 17.4. The third kappa shape index (κ3) is 3.02. The monoisotopic (exact) mass is 419 g/mol. The van der Waals surface area contributed by atoms with E-state index in [-0.39, 0.29) is 4.90 Å². The molecule has 0 atom stereocenters. The molecule has 4 rings (SSSR count). The van der Waals surface area contributed by atoms with Crippen molar-refractivity contribution in [3.05, 3.63) is 40.8 Å². The lowest BCUT2D eigenvalue weighted by Crippen LogP contribution is -2.05. The molecule has 1 aromatic carbocycles. The van der Waals surface area contributed by atoms with Crippen LogP contribution >= 0.6 is 11.3 Å². The van der Waals surface area contributed by atoms with Gasteiger partial charge in [0, 0.05) is 25.2 Å². The van der Waals surface area contributed by atoms with Gasteiger partial charge in [-0.2, -0.15) is 10.2 Å². The van der Waals surface area contributed by atoms with Gasteiger partial charge in [-0.05, 0) is 37.1 Å². The Morgan fingerprint density at radius 1 is 1.25 bits per heavy atom. The van der Waals surface area contributed by atoms with Crippen molar-refractivity contribution in [3.63, 3.8) is 0 Å². The summed E-state index contributed by atoms with van der Waals surface area (Å²) in [5, 5.41) is 17.3. The highest BCUT2D eigenvalue weighted by molar-refractivity contribution is 7.90. The first-order chi connectivity index (χ1) is 13.2. The van der Waals surface area contributed by atoms with Gasteiger partial charge in [0.1, 0.15) is 15.5 Å². The molecular formula is C18H18FN5O2S2. The molecule has 4 aromatic rings. The van der Waals surface area contributed by atoms with Crippen LogP contribution in [0.15, 0.2) is 23.1 Å². The maximum absolute atomic E-state index is 13.8. The van der Waals surface area contributed by atoms with Crippen molar-refractivity contribution in [1.82, 2.24) is 20.0 Å². The van der Waals surface area contributed by atoms with Crippen LogP contribution in [-0.2, 0) is 23.4 Å². The molecule has 146 valence electrons. The van der Waals surface area contributed by atoms with Gasteiger partial charge in [0.2, 0.25) is 0 Å². The molecule has 1 N–H and O–H groups in total. The number of benzene rings is 1. The number of halogens is 1. The van der Waals surface area contributed by atoms with Gasteiger partial charge in [-0.25, -0.2) is 12.8 Å². The molecule has 3 heterocycles. The zero-order chi connectivity index (χ0) is 20.2. The third-order valence-electron chi connectivity index (χ3n) is 4.72. The highest BCUT2D eigenvalue weighted by Crippen LogP contribution is 2.38. The van der Waals surface area contributed by atoms with Crippen LogP contribution in [0.4, 0.5) is 10.2 Å². The first-order valence-electron chi connectivity index (χ1n) is 8.48. The van der Waals surface area contributed by atoms with Crippen molar-refractivity contribution in [2.75, 3.05) is 11.6 Å². The summed E-state index contributed by atoms with van der Waals surface area (Å²) in [5.74, 6) is -0.0804. The summed E-state index contributed by atoms with van der Waals surface area (Å²) in [6, 6.07) is 4.07. The summed E-state index contributed by atoms with van der Waals surface area (Å²) < 4.78 is 40.0. The molecule has 0 unspecified atom stereocenters. The fourth-order valence-corrected chi connectivity index (χ4v) is 5.11. The Balaban J connectivity index is 1.73. The molecule has 0 bridgehead atoms. The number of nitrogens with zero attached hydrogens (tertiary/aromatic N) is 4. The minimum atomic E-state index is -3.63. The molecule has 0 amide bonds. The molecule has 3 aromatic heterocycles. The van der Waals surface area contributed by atoms with E-state index in [2.05, 4.69) is 20.6 Å². The molecule has 0 radical (unpaired) electrons. The van der Waals surface area contributed by atoms with Crippen LogP contribution in [-0.4, -0.2) is 34.7 Å². The van der Waals surface area contributed by atoms with E-state index < -0.39 is 15.7 Å². The fraction of sp³-hybridized carbons (Fsp3) is 0.278. The van der Waals surface area contributed by atoms with Crippen LogP contribution in [0.3, 0.4) is 0 Å². The van der Waals surface area contributed by atoms with Gasteiger partial charge >= 0.3 is 0 Å². The first-order valence-corrected chi connectivity index (χ1v) is 11.2. The van der Waals surface area contributed by atoms with Crippen molar-refractivity contribution in [2.24, 2.45) is 7.05 Å². The minimum absolute atomic E-state index is 0.304. The summed E-state index contributed by atoms with van der Waals surface area (Å²) in [6.07, 6.45) is 0.994. The van der Waals surface area contributed by atoms with Gasteiger partial charge < -0.3 is 5.32 Å². The Labute approximate surface area is 165 Å². The predicted octanol–water partition coefficient (Wildman–Crippen LogP) is 3.35. The van der Waals surface area contributed by atoms with Crippen molar-refractivity contribution >= 4 is 47.4 Å². The second-order valence-electron chi connectivity index (χ2n) is 6.73. The number of fused-ring (bicyclic) bond motifs is 3. The Hall–Kier alpha value is -2.59. The lowest BCUT2D eigenvalue weighted by molar-refractivity contribution is 0.570. The molecule has 0 saturated heterocycles. The van der Waals surface area contributed by atoms with E-state index in [0.717, 1.165) is 37.9 Å². The average Bonchev–Trinajstić information content (AvgIpc) is 3.15. The highest BCUT2D eigenvalue weighted by Gasteiger charge is 2.19. The SMILES string of the molecule is Cc1nnc2sc3c(NCc4ccc(F)c(S(C)(=O)=O)c4)nn(C)c3c2c1C. The van der Waals surface area contributed by atoms with E-state index in [4.69, 9.17) is 0 Å². The van der Waals surface area contributed by atoms with Gasteiger partial charge in [0.15, 0.2) is 15.7 Å². The zero-order valence-electron chi connectivity index (χ0n) is 15.7. The van der Waals surface area contributed by atoms with Gasteiger partial charge in [-0.1, -0.05) is 6.07 Å². The van der Waals surface area contributed by atoms with E-state index in [0.29, 0.717) is 17.9 Å². The number of aromatic nitrogens is 4. The molecule has 10 heteroatoms. The maximum Gasteiger partial charge on any atom is 0.178 e. The van der Waals surface area contributed by atoms with Crippen molar-refractivity contribution in [3.8, 4) is 0 Å². The average molecular weight is 420 g/mol. The number of rotatable bonds is 4. The fourth-order valence-electron chi connectivity index (χ4n) is 3.15. The molecule has 0 aliphatic rings. The summed E-state index contributed by atoms with van der Waals surface area (Å²) in [5.41, 5.74) is 3.58. The Bertz CT molecular complexity index is 1340. The number of aryl methyl sites for hydroxylation is 3. The van der Waals surface area contributed by atoms with Gasteiger partial charge in [-0.3, -0.25) is 4.68 Å². The molecule has 0 aliphatic heterocycles. The van der Waals surface area contributed by atoms with Crippen molar-refractivity contribution in [1.29, 1.82) is 0 Å². The highest BCUT2D eigenvalue weighted by atomic mass is 32.2. The molecule has 28 heavy (non-hydrogen) atoms. The summed E-state index contributed by atoms with van der Waals surface area (Å²) in [4.78, 5) is 0.538. The molecule has 0 saturated carbocycles. The Morgan fingerprint density at radius 3 is 2.71 bits per heavy atom. The quantitative estimate of drug-likeness (QED) is 0.546. The maximum atomic E-state index is 13.8. The lowest BCUT2D eigenvalue weighted by Gasteiger charge is -2.06. The second kappa shape index (κ2) is 6.49. The normalized spacial score (nSPS) is 12.2. The number of anilines is 1. The lowest BCUT2D eigenvalue weighted by atomic mass is 10.1. The molecule has 0 fully saturated rings. The number of hydrogen-bond donors (Lipinski definition) is 1. The predicted molar refractivity (Wildman–Crippen MR) is 108 cm³/mol. The van der Waals surface area contributed by atoms with Crippen molar-refractivity contribution in [2.45, 2.75) is 25.3 Å². The number of hydrogen-bond acceptors (Lipinski definition) is 7. The van der Waals surface area contributed by atoms with Crippen LogP contribution < -0.4 is 5.32 Å². The summed E-state index contributed by atoms with van der Waals surface area (Å²) >= 11 is 1.50. The summed E-state index contributed by atoms with van der Waals surface area (Å²) in [6.45, 7) is 4.26. The third-order valence-corrected chi connectivity index (χ3v) is 6.90. The second-order valence-corrected chi connectivity index (χ2v) is 9.72. The summed E-state index contributed by atoms with van der Waals surface area (Å²) in [7, 11) is -1.76. The topological polar surface area (TPSA) is 89.8 Å². The van der Waals surface area contributed by atoms with Crippen molar-refractivity contribution < 1.29 is 12.8 Å². The minimum Gasteiger partial charge on any atom is -0.363 e. The first kappa shape index (κ1) is 18.8. The molecule has 7 nitrogen and oxygen atoms in total. The molecule has 0 aliphatic carbocycles. The molecular weight excluding hydrogens is 401 g/mol. The number of sulfone groups is 1. The standard InChI is InChI=1S/C18H18FN5O2S2/c1-9-10(2)21-22-18-14(9)15-16(27-18)17(23-24(15)3)20-8-11-5-6-12(19)13(7-11)28(4,25)26/h5-7H,8H2,1-4H3,(H,20,23). The van der Waals surface area contributed by atoms with Gasteiger partial charge in [-0.15, -0.1) is 16.4 Å². The number of thiophene rings is 1. The van der Waals surface area contributed by atoms with Crippen LogP contribution in [0, 0.1) is 19.7 Å². The van der Waals surface area contributed by atoms with Gasteiger partial charge in [0.25, 0.3) is 0 Å². The van der Waals surface area contributed by atoms with E-state index in [1.807, 2.05) is 20.9 Å². The van der Waals surface area contributed by atoms with E-state index in [9.17, 15) is 12.8 Å². The van der Waals surface area contributed by atoms with Gasteiger partial charge in [0.05, 0.1) is 15.9 Å². The molecule has 0 spiro atoms. The smallest absolute Gasteiger partial charge is 0.178 e. The van der Waals surface area contributed by atoms with Crippen LogP contribution in [0.25, 0.3) is 20.4 Å². The van der Waals surface area contributed by atoms with E-state index in [1.54, 1.807) is 10.7 Å². The van der Waals surface area contributed by atoms with Crippen LogP contribution in [0.5, 0.6) is 0 Å². The Kier molecular flexibility index (Phi) is 4.35. The van der Waals surface area contributed by atoms with E-state index >= 15 is 0 Å². The van der Waals surface area contributed by atoms with Crippen LogP contribution in [0.1, 0.15) is 16.8 Å². The van der Waals surface area contributed by atoms with Crippen LogP contribution in [0.2, 0.25) is 0 Å². The number of nitrogens with one attached hydrogen (secondary N) is 1. The largest absolute Gasteiger partial charge is 0.363 e. The van der Waals surface area contributed by atoms with E-state index in [1.165, 1.54) is 23.5 Å². The Morgan fingerprint density at radius 2 is 2.00 bits per heavy atom.